The third-order valence-electron chi connectivity index (χ3n) is 9.90. The molecule has 2 N–H and O–H groups in total. The zero-order valence-electron chi connectivity index (χ0n) is 23.0. The summed E-state index contributed by atoms with van der Waals surface area (Å²) in [5, 5.41) is 19.3. The van der Waals surface area contributed by atoms with Gasteiger partial charge in [0.1, 0.15) is 11.5 Å². The molecule has 4 aliphatic rings. The summed E-state index contributed by atoms with van der Waals surface area (Å²) in [5.74, 6) is 1.10. The number of phenolic OH excluding ortho intramolecular Hbond substituents is 2. The number of carbonyl (C=O) groups is 1. The molecule has 2 unspecified atom stereocenters. The molecule has 2 aromatic rings. The Labute approximate surface area is 222 Å². The maximum atomic E-state index is 12.1. The maximum Gasteiger partial charge on any atom is 0.158 e. The monoisotopic (exact) mass is 498 g/mol. The number of hydrogen-bond acceptors (Lipinski definition) is 3. The minimum absolute atomic E-state index is 0.000532. The highest BCUT2D eigenvalue weighted by Crippen LogP contribution is 2.51. The molecule has 0 aliphatic heterocycles. The van der Waals surface area contributed by atoms with Crippen molar-refractivity contribution in [3.8, 4) is 11.5 Å². The lowest BCUT2D eigenvalue weighted by molar-refractivity contribution is -0.116. The Balaban J connectivity index is 0.000000152. The molecule has 2 aromatic carbocycles. The van der Waals surface area contributed by atoms with Gasteiger partial charge in [0.05, 0.1) is 0 Å². The average molecular weight is 499 g/mol. The molecule has 0 fully saturated rings. The second kappa shape index (κ2) is 9.82. The Hall–Kier alpha value is -2.81. The lowest BCUT2D eigenvalue weighted by atomic mass is 9.61. The highest BCUT2D eigenvalue weighted by atomic mass is 16.3. The Morgan fingerprint density at radius 3 is 1.84 bits per heavy atom. The van der Waals surface area contributed by atoms with Crippen molar-refractivity contribution in [2.24, 2.45) is 0 Å². The van der Waals surface area contributed by atoms with E-state index in [0.29, 0.717) is 23.7 Å². The van der Waals surface area contributed by atoms with Crippen molar-refractivity contribution in [3.63, 3.8) is 0 Å². The number of aromatic hydroxyl groups is 2. The van der Waals surface area contributed by atoms with E-state index < -0.39 is 0 Å². The molecule has 2 atom stereocenters. The van der Waals surface area contributed by atoms with E-state index in [4.69, 9.17) is 0 Å². The first-order valence-electron chi connectivity index (χ1n) is 14.3. The molecule has 3 nitrogen and oxygen atoms in total. The molecule has 0 amide bonds. The van der Waals surface area contributed by atoms with Gasteiger partial charge in [0.15, 0.2) is 5.78 Å². The van der Waals surface area contributed by atoms with Crippen molar-refractivity contribution in [1.29, 1.82) is 0 Å². The van der Waals surface area contributed by atoms with Gasteiger partial charge in [0.25, 0.3) is 0 Å². The van der Waals surface area contributed by atoms with Gasteiger partial charge in [-0.1, -0.05) is 56.5 Å². The topological polar surface area (TPSA) is 57.5 Å². The first-order chi connectivity index (χ1) is 17.7. The van der Waals surface area contributed by atoms with Crippen molar-refractivity contribution < 1.29 is 15.0 Å². The Bertz CT molecular complexity index is 1300. The molecule has 0 spiro atoms. The molecule has 196 valence electrons. The summed E-state index contributed by atoms with van der Waals surface area (Å²) < 4.78 is 0. The number of carbonyl (C=O) groups excluding carboxylic acids is 1. The van der Waals surface area contributed by atoms with Crippen LogP contribution in [0.2, 0.25) is 0 Å². The maximum absolute atomic E-state index is 12.1. The lowest BCUT2D eigenvalue weighted by Crippen LogP contribution is -2.36. The van der Waals surface area contributed by atoms with Crippen molar-refractivity contribution >= 4 is 5.78 Å². The minimum Gasteiger partial charge on any atom is -0.508 e. The fraction of sp³-hybridized carbons (Fsp3) is 0.500. The normalized spacial score (nSPS) is 26.4. The molecule has 0 saturated carbocycles. The van der Waals surface area contributed by atoms with Gasteiger partial charge in [0, 0.05) is 17.3 Å². The standard InChI is InChI=1S/C17H20O2.C17H22O/c1-3-13-15-6-4-11-10-12(18)5-7-14(11)17(15,2)9-8-16(13)19;1-3-12-5-4-10-17(2)15(12)8-6-13-11-14(18)7-9-16(13)17/h5,7,10,18H,3-4,6,8-9H2,1-2H3;7,9,11,18H,3-6,8,10H2,1-2H3. The number of hydrogen-bond donors (Lipinski definition) is 2. The summed E-state index contributed by atoms with van der Waals surface area (Å²) in [6, 6.07) is 11.7. The van der Waals surface area contributed by atoms with Gasteiger partial charge in [-0.2, -0.15) is 0 Å². The number of allylic oxidation sites excluding steroid dienone is 4. The van der Waals surface area contributed by atoms with E-state index in [9.17, 15) is 15.0 Å². The molecule has 0 aromatic heterocycles. The van der Waals surface area contributed by atoms with Crippen LogP contribution in [-0.4, -0.2) is 16.0 Å². The second-order valence-electron chi connectivity index (χ2n) is 11.9. The number of ketones is 1. The van der Waals surface area contributed by atoms with E-state index in [1.165, 1.54) is 59.9 Å². The number of phenols is 2. The third kappa shape index (κ3) is 4.35. The summed E-state index contributed by atoms with van der Waals surface area (Å²) >= 11 is 0. The zero-order valence-corrected chi connectivity index (χ0v) is 23.0. The van der Waals surface area contributed by atoms with E-state index in [2.05, 4.69) is 33.8 Å². The summed E-state index contributed by atoms with van der Waals surface area (Å²) in [6.45, 7) is 9.05. The predicted molar refractivity (Wildman–Crippen MR) is 150 cm³/mol. The number of fused-ring (bicyclic) bond motifs is 6. The summed E-state index contributed by atoms with van der Waals surface area (Å²) in [6.07, 6.45) is 11.7. The largest absolute Gasteiger partial charge is 0.508 e. The average Bonchev–Trinajstić information content (AvgIpc) is 2.88. The van der Waals surface area contributed by atoms with Crippen molar-refractivity contribution in [3.05, 3.63) is 80.9 Å². The highest BCUT2D eigenvalue weighted by Gasteiger charge is 2.42. The van der Waals surface area contributed by atoms with Crippen LogP contribution >= 0.6 is 0 Å². The SMILES string of the molecule is CCC1=C2CCc3cc(O)ccc3C2(C)CCC1.CCC1=C2CCc3cc(O)ccc3C2(C)CCC1=O. The van der Waals surface area contributed by atoms with Crippen LogP contribution in [0.4, 0.5) is 0 Å². The lowest BCUT2D eigenvalue weighted by Gasteiger charge is -2.43. The fourth-order valence-electron chi connectivity index (χ4n) is 7.96. The van der Waals surface area contributed by atoms with Gasteiger partial charge in [-0.25, -0.2) is 0 Å². The molecule has 6 rings (SSSR count). The van der Waals surface area contributed by atoms with Gasteiger partial charge in [0.2, 0.25) is 0 Å². The quantitative estimate of drug-likeness (QED) is 0.411. The molecule has 4 aliphatic carbocycles. The van der Waals surface area contributed by atoms with Gasteiger partial charge in [-0.3, -0.25) is 4.79 Å². The summed E-state index contributed by atoms with van der Waals surface area (Å²) in [5.41, 5.74) is 11.4. The number of benzene rings is 2. The van der Waals surface area contributed by atoms with Crippen molar-refractivity contribution in [2.45, 2.75) is 109 Å². The molecule has 3 heteroatoms. The Morgan fingerprint density at radius 2 is 1.27 bits per heavy atom. The zero-order chi connectivity index (χ0) is 26.4. The van der Waals surface area contributed by atoms with E-state index in [-0.39, 0.29) is 10.8 Å². The van der Waals surface area contributed by atoms with Crippen LogP contribution in [0.25, 0.3) is 0 Å². The molecule has 0 radical (unpaired) electrons. The van der Waals surface area contributed by atoms with Gasteiger partial charge in [-0.15, -0.1) is 0 Å². The van der Waals surface area contributed by atoms with E-state index in [1.807, 2.05) is 24.3 Å². The van der Waals surface area contributed by atoms with E-state index in [1.54, 1.807) is 17.2 Å². The number of rotatable bonds is 2. The molecular formula is C34H42O3. The first-order valence-corrected chi connectivity index (χ1v) is 14.3. The first kappa shape index (κ1) is 25.8. The number of Topliss-reactive ketones (excluding diaryl/α,β-unsaturated/α-hetero) is 1. The fourth-order valence-corrected chi connectivity index (χ4v) is 7.96. The van der Waals surface area contributed by atoms with Gasteiger partial charge >= 0.3 is 0 Å². The Kier molecular flexibility index (Phi) is 6.85. The molecular weight excluding hydrogens is 456 g/mol. The van der Waals surface area contributed by atoms with Gasteiger partial charge in [-0.05, 0) is 116 Å². The van der Waals surface area contributed by atoms with Crippen LogP contribution in [0.15, 0.2) is 58.7 Å². The summed E-state index contributed by atoms with van der Waals surface area (Å²) in [7, 11) is 0. The third-order valence-corrected chi connectivity index (χ3v) is 9.90. The molecule has 0 heterocycles. The van der Waals surface area contributed by atoms with Crippen LogP contribution in [0.1, 0.15) is 108 Å². The van der Waals surface area contributed by atoms with Crippen LogP contribution in [-0.2, 0) is 28.5 Å². The smallest absolute Gasteiger partial charge is 0.158 e. The van der Waals surface area contributed by atoms with E-state index in [0.717, 1.165) is 37.7 Å². The molecule has 0 bridgehead atoms. The van der Waals surface area contributed by atoms with Crippen LogP contribution < -0.4 is 0 Å². The highest BCUT2D eigenvalue weighted by molar-refractivity contribution is 5.98. The second-order valence-corrected chi connectivity index (χ2v) is 11.9. The minimum atomic E-state index is 0.000532. The van der Waals surface area contributed by atoms with Gasteiger partial charge < -0.3 is 10.2 Å². The Morgan fingerprint density at radius 1 is 0.703 bits per heavy atom. The molecule has 37 heavy (non-hydrogen) atoms. The number of aryl methyl sites for hydroxylation is 2. The van der Waals surface area contributed by atoms with Crippen LogP contribution in [0, 0.1) is 0 Å². The van der Waals surface area contributed by atoms with Crippen LogP contribution in [0.5, 0.6) is 11.5 Å². The van der Waals surface area contributed by atoms with E-state index >= 15 is 0 Å². The van der Waals surface area contributed by atoms with Crippen molar-refractivity contribution in [2.75, 3.05) is 0 Å². The van der Waals surface area contributed by atoms with Crippen LogP contribution in [0.3, 0.4) is 0 Å². The van der Waals surface area contributed by atoms with Crippen molar-refractivity contribution in [1.82, 2.24) is 0 Å². The predicted octanol–water partition coefficient (Wildman–Crippen LogP) is 8.15. The summed E-state index contributed by atoms with van der Waals surface area (Å²) in [4.78, 5) is 12.1. The molecule has 0 saturated heterocycles.